The first-order chi connectivity index (χ1) is 69.6. The maximum absolute atomic E-state index is 13.6. The van der Waals surface area contributed by atoms with E-state index in [1.165, 1.54) is 0 Å². The molecule has 0 bridgehead atoms. The Balaban J connectivity index is 0.000000240. The van der Waals surface area contributed by atoms with E-state index in [1.807, 2.05) is 238 Å². The molecule has 1 unspecified atom stereocenters. The number of nitrogen functional groups attached to an aromatic ring is 5. The Morgan fingerprint density at radius 1 is 0.404 bits per heavy atom. The smallest absolute Gasteiger partial charge is 0.373 e. The third-order valence-corrected chi connectivity index (χ3v) is 25.9. The molecule has 1 saturated carbocycles. The van der Waals surface area contributed by atoms with E-state index in [4.69, 9.17) is 100 Å². The van der Waals surface area contributed by atoms with Crippen molar-refractivity contribution in [2.75, 3.05) is 114 Å². The minimum Gasteiger partial charge on any atom is -0.493 e. The molecule has 10 heterocycles. The van der Waals surface area contributed by atoms with Crippen LogP contribution in [0.2, 0.25) is 0 Å². The van der Waals surface area contributed by atoms with E-state index >= 15 is 0 Å². The van der Waals surface area contributed by atoms with Crippen molar-refractivity contribution >= 4 is 143 Å². The number of fused-ring (bicyclic) bond motifs is 5. The summed E-state index contributed by atoms with van der Waals surface area (Å²) >= 11 is 0. The topological polar surface area (TPSA) is 525 Å². The second-order valence-corrected chi connectivity index (χ2v) is 39.2. The molecule has 10 aromatic rings. The summed E-state index contributed by atoms with van der Waals surface area (Å²) < 4.78 is 31.0. The van der Waals surface area contributed by atoms with E-state index in [2.05, 4.69) is 48.6 Å². The number of piperidine rings is 5. The quantitative estimate of drug-likeness (QED) is 0.0413. The molecule has 5 aliphatic heterocycles. The number of carbonyl (C=O) groups excluding carboxylic acids is 15. The highest BCUT2D eigenvalue weighted by Crippen LogP contribution is 2.41. The number of ether oxygens (including phenoxy) is 5. The van der Waals surface area contributed by atoms with Crippen molar-refractivity contribution in [3.05, 3.63) is 162 Å². The van der Waals surface area contributed by atoms with Crippen LogP contribution in [0.5, 0.6) is 28.7 Å². The van der Waals surface area contributed by atoms with E-state index in [-0.39, 0.29) is 108 Å². The van der Waals surface area contributed by atoms with E-state index in [9.17, 15) is 24.0 Å². The molecule has 16 rings (SSSR count). The predicted molar refractivity (Wildman–Crippen MR) is 552 cm³/mol. The highest BCUT2D eigenvalue weighted by atomic mass is 16.5. The SMILES string of the molecule is C=C(C)N1CCC(Oc2cccc3nc(C)cc(N)c23)CC1.Cc1cc(N)c2c(OC3CCCN(C(=O)C(C)C)C3)cccc2n1.Cc1cc(N)c2c(OCC3(C(=O)NC4CCCC4)CCN(C(=O)C(C)C)CC3)cccc2n1.Cc1cc(N)c2c(OCC3CCN(C(=O)C(C)(C)C)CC3)cccc2n1.Cc1cc(N)c2c(OCCC3CCN(C(=O)C(C)C)CC3)cccc2n1.O=C=O.O=C=O.O=C=O.O=C=O.O=C=O. The van der Waals surface area contributed by atoms with Gasteiger partial charge in [-0.15, -0.1) is 0 Å². The van der Waals surface area contributed by atoms with Crippen LogP contribution in [0.15, 0.2) is 134 Å². The summed E-state index contributed by atoms with van der Waals surface area (Å²) in [4.78, 5) is 177. The van der Waals surface area contributed by atoms with E-state index in [0.29, 0.717) is 86.0 Å². The number of rotatable bonds is 20. The van der Waals surface area contributed by atoms with Crippen molar-refractivity contribution in [1.29, 1.82) is 0 Å². The van der Waals surface area contributed by atoms with Crippen molar-refractivity contribution in [3.8, 4) is 28.7 Å². The average Bonchev–Trinajstić information content (AvgIpc) is 0.936. The van der Waals surface area contributed by atoms with Crippen LogP contribution in [0.1, 0.15) is 194 Å². The standard InChI is InChI=1S/C26H36N4O3.2C21H29N3O2.C19H25N3O2.C18H23N3O.5CO2/c1-17(2)24(31)30-13-11-26(12-14-30,25(32)29-19-7-4-5-8-19)16-33-22-10-6-9-21-23(22)20(27)15-18(3)28-21;1-14-12-16(22)19-17(23-14)6-5-7-18(19)26-13-15-8-10-24(11-9-15)20(25)21(2,3)4;1-14(2)21(25)24-10-7-16(8-11-24)9-12-26-19-6-4-5-18-20(19)17(22)13-15(3)23-18;1-12(2)19(23)22-9-5-6-14(11-22)24-17-8-4-7-16-18(17)15(20)10-13(3)21-16;1-12(2)21-9-7-14(8-10-21)22-17-6-4-5-16-18(17)15(19)11-13(3)20-16;5*2-1-3/h6,9-10,15,17,19H,4-5,7-8,11-14,16H2,1-3H3,(H2,27,28)(H,29,32);5-7,12,15H,8-11,13H2,1-4H3,(H2,22,23);4-6,13-14,16H,7-12H2,1-3H3,(H2,22,23);4,7-8,10,12,14H,5-6,9,11H2,1-3H3,(H2,20,21);4-6,11,14H,1,7-10H2,2-3H3,(H2,19,20);;;;;. The number of aryl methyl sites for hydroxylation is 5. The zero-order valence-corrected chi connectivity index (χ0v) is 86.7. The molecule has 6 fully saturated rings. The Morgan fingerprint density at radius 2 is 0.726 bits per heavy atom. The van der Waals surface area contributed by atoms with Crippen LogP contribution in [0.25, 0.3) is 54.5 Å². The lowest BCUT2D eigenvalue weighted by Gasteiger charge is -2.41. The highest BCUT2D eigenvalue weighted by molar-refractivity contribution is 5.99. The van der Waals surface area contributed by atoms with Gasteiger partial charge < -0.3 is 82.2 Å². The lowest BCUT2D eigenvalue weighted by Crippen LogP contribution is -2.54. The Kier molecular flexibility index (Phi) is 46.9. The van der Waals surface area contributed by atoms with Gasteiger partial charge in [0.05, 0.1) is 79.7 Å². The molecule has 6 aliphatic rings. The van der Waals surface area contributed by atoms with Gasteiger partial charge in [0.25, 0.3) is 0 Å². The third kappa shape index (κ3) is 34.6. The summed E-state index contributed by atoms with van der Waals surface area (Å²) in [7, 11) is 0. The maximum atomic E-state index is 13.6. The number of hydrogen-bond acceptors (Lipinski definition) is 31. The number of anilines is 5. The molecular weight excluding hydrogens is 1870 g/mol. The zero-order chi connectivity index (χ0) is 108. The zero-order valence-electron chi connectivity index (χ0n) is 86.7. The van der Waals surface area contributed by atoms with Crippen LogP contribution in [0, 0.1) is 75.0 Å². The number of hydrogen-bond donors (Lipinski definition) is 6. The summed E-state index contributed by atoms with van der Waals surface area (Å²) in [6, 6.07) is 38.8. The summed E-state index contributed by atoms with van der Waals surface area (Å²) in [6.45, 7) is 42.8. The van der Waals surface area contributed by atoms with Gasteiger partial charge in [-0.3, -0.25) is 48.9 Å². The molecule has 5 aromatic heterocycles. The van der Waals surface area contributed by atoms with Crippen LogP contribution >= 0.6 is 0 Å². The van der Waals surface area contributed by atoms with Gasteiger partial charge in [0.2, 0.25) is 29.5 Å². The van der Waals surface area contributed by atoms with E-state index in [0.717, 1.165) is 247 Å². The lowest BCUT2D eigenvalue weighted by molar-refractivity contribution is -0.193. The molecule has 1 atom stereocenters. The minimum atomic E-state index is -0.675. The first-order valence-electron chi connectivity index (χ1n) is 49.4. The fourth-order valence-corrected chi connectivity index (χ4v) is 18.7. The fraction of sp³-hybridized carbons (Fsp3) is 0.482. The Bertz CT molecular complexity index is 6170. The van der Waals surface area contributed by atoms with Gasteiger partial charge in [-0.05, 0) is 215 Å². The van der Waals surface area contributed by atoms with E-state index in [1.54, 1.807) is 0 Å². The molecule has 1 aliphatic carbocycles. The number of aromatic nitrogens is 5. The fourth-order valence-electron chi connectivity index (χ4n) is 18.7. The number of allylic oxidation sites excluding steroid dienone is 1. The molecule has 36 heteroatoms. The Labute approximate surface area is 852 Å². The van der Waals surface area contributed by atoms with Gasteiger partial charge >= 0.3 is 30.8 Å². The molecule has 5 saturated heterocycles. The summed E-state index contributed by atoms with van der Waals surface area (Å²) in [5.41, 5.74) is 43.4. The highest BCUT2D eigenvalue weighted by Gasteiger charge is 2.45. The molecular formula is C110H142N16O20. The van der Waals surface area contributed by atoms with Crippen molar-refractivity contribution in [2.45, 2.75) is 218 Å². The summed E-state index contributed by atoms with van der Waals surface area (Å²) in [5.74, 6) is 5.85. The van der Waals surface area contributed by atoms with Crippen molar-refractivity contribution < 1.29 is 95.6 Å². The van der Waals surface area contributed by atoms with Crippen LogP contribution in [-0.4, -0.2) is 213 Å². The van der Waals surface area contributed by atoms with Crippen molar-refractivity contribution in [3.63, 3.8) is 0 Å². The number of nitrogens with one attached hydrogen (secondary N) is 1. The van der Waals surface area contributed by atoms with Crippen LogP contribution in [0.4, 0.5) is 28.4 Å². The maximum Gasteiger partial charge on any atom is 0.373 e. The normalized spacial score (nSPS) is 15.5. The number of carbonyl (C=O) groups is 5. The largest absolute Gasteiger partial charge is 0.493 e. The Morgan fingerprint density at radius 3 is 1.10 bits per heavy atom. The molecule has 5 amide bonds. The third-order valence-electron chi connectivity index (χ3n) is 25.9. The number of amides is 5. The number of nitrogens with zero attached hydrogens (tertiary/aromatic N) is 10. The van der Waals surface area contributed by atoms with Crippen molar-refractivity contribution in [2.24, 2.45) is 40.4 Å². The Hall–Kier alpha value is -15.1. The van der Waals surface area contributed by atoms with Gasteiger partial charge in [0, 0.05) is 164 Å². The number of benzene rings is 5. The summed E-state index contributed by atoms with van der Waals surface area (Å²) in [6.07, 6.45) is 16.0. The van der Waals surface area contributed by atoms with Crippen LogP contribution in [-0.2, 0) is 71.9 Å². The minimum absolute atomic E-state index is 0.00671. The lowest BCUT2D eigenvalue weighted by atomic mass is 9.77. The average molecular weight is 2010 g/mol. The van der Waals surface area contributed by atoms with Gasteiger partial charge in [-0.2, -0.15) is 47.9 Å². The molecule has 36 nitrogen and oxygen atoms in total. The molecule has 0 radical (unpaired) electrons. The molecule has 146 heavy (non-hydrogen) atoms. The second kappa shape index (κ2) is 58.0. The number of pyridine rings is 5. The van der Waals surface area contributed by atoms with Crippen LogP contribution < -0.4 is 57.7 Å². The van der Waals surface area contributed by atoms with Crippen LogP contribution in [0.3, 0.4) is 0 Å². The van der Waals surface area contributed by atoms with Gasteiger partial charge in [-0.25, -0.2) is 0 Å². The number of likely N-dealkylation sites (tertiary alicyclic amines) is 5. The first-order valence-corrected chi connectivity index (χ1v) is 49.4. The number of nitrogens with two attached hydrogens (primary N) is 5. The molecule has 782 valence electrons. The van der Waals surface area contributed by atoms with Crippen molar-refractivity contribution in [1.82, 2.24) is 54.7 Å². The summed E-state index contributed by atoms with van der Waals surface area (Å²) in [5, 5.41) is 7.64. The molecule has 0 spiro atoms. The van der Waals surface area contributed by atoms with Gasteiger partial charge in [-0.1, -0.05) is 112 Å². The predicted octanol–water partition coefficient (Wildman–Crippen LogP) is 15.1. The molecule has 11 N–H and O–H groups in total. The van der Waals surface area contributed by atoms with Gasteiger partial charge in [0.1, 0.15) is 47.6 Å². The first kappa shape index (κ1) is 118. The molecule has 5 aromatic carbocycles. The van der Waals surface area contributed by atoms with E-state index < -0.39 is 5.41 Å². The monoisotopic (exact) mass is 2010 g/mol. The second-order valence-electron chi connectivity index (χ2n) is 39.2. The van der Waals surface area contributed by atoms with Gasteiger partial charge in [0.15, 0.2) is 0 Å².